The van der Waals surface area contributed by atoms with Crippen LogP contribution in [0.3, 0.4) is 0 Å². The third kappa shape index (κ3) is 3.10. The van der Waals surface area contributed by atoms with Gasteiger partial charge < -0.3 is 20.7 Å². The minimum Gasteiger partial charge on any atom is -0.396 e. The van der Waals surface area contributed by atoms with Gasteiger partial charge in [-0.3, -0.25) is 0 Å². The van der Waals surface area contributed by atoms with Crippen LogP contribution in [0.5, 0.6) is 0 Å². The third-order valence-electron chi connectivity index (χ3n) is 3.64. The number of nitrogens with zero attached hydrogens (tertiary/aromatic N) is 2. The standard InChI is InChI=1S/C13H24N4O/c1-2-10(5-6-18)16-12(7-14)13-8-15-9-17(13)11-3-4-11/h8-12,16,18H,2-7,14H2,1H3. The molecular weight excluding hydrogens is 228 g/mol. The fourth-order valence-corrected chi connectivity index (χ4v) is 2.36. The van der Waals surface area contributed by atoms with E-state index in [0.717, 1.165) is 12.8 Å². The predicted octanol–water partition coefficient (Wildman–Crippen LogP) is 0.968. The number of rotatable bonds is 8. The van der Waals surface area contributed by atoms with Crippen LogP contribution in [0.4, 0.5) is 0 Å². The van der Waals surface area contributed by atoms with Crippen molar-refractivity contribution in [2.75, 3.05) is 13.2 Å². The van der Waals surface area contributed by atoms with Crippen LogP contribution in [-0.4, -0.2) is 33.9 Å². The van der Waals surface area contributed by atoms with Crippen molar-refractivity contribution in [1.82, 2.24) is 14.9 Å². The Kier molecular flexibility index (Phi) is 4.74. The van der Waals surface area contributed by atoms with Gasteiger partial charge in [-0.2, -0.15) is 0 Å². The summed E-state index contributed by atoms with van der Waals surface area (Å²) >= 11 is 0. The Morgan fingerprint density at radius 2 is 2.39 bits per heavy atom. The highest BCUT2D eigenvalue weighted by Gasteiger charge is 2.28. The van der Waals surface area contributed by atoms with Gasteiger partial charge in [-0.1, -0.05) is 6.92 Å². The number of imidazole rings is 1. The lowest BCUT2D eigenvalue weighted by molar-refractivity contribution is 0.254. The van der Waals surface area contributed by atoms with Gasteiger partial charge in [0.15, 0.2) is 0 Å². The average molecular weight is 252 g/mol. The lowest BCUT2D eigenvalue weighted by atomic mass is 10.1. The quantitative estimate of drug-likeness (QED) is 0.644. The second kappa shape index (κ2) is 6.31. The van der Waals surface area contributed by atoms with Crippen LogP contribution in [0.1, 0.15) is 50.4 Å². The molecule has 102 valence electrons. The number of aliphatic hydroxyl groups is 1. The van der Waals surface area contributed by atoms with Crippen LogP contribution >= 0.6 is 0 Å². The molecule has 1 saturated carbocycles. The molecule has 2 atom stereocenters. The molecule has 1 fully saturated rings. The molecular formula is C13H24N4O. The molecule has 0 bridgehead atoms. The van der Waals surface area contributed by atoms with Gasteiger partial charge in [0.2, 0.25) is 0 Å². The van der Waals surface area contributed by atoms with Crippen molar-refractivity contribution in [1.29, 1.82) is 0 Å². The first-order valence-electron chi connectivity index (χ1n) is 6.88. The SMILES string of the molecule is CCC(CCO)NC(CN)c1cncn1C1CC1. The van der Waals surface area contributed by atoms with Crippen molar-refractivity contribution in [3.8, 4) is 0 Å². The molecule has 1 aliphatic rings. The molecule has 0 spiro atoms. The highest BCUT2D eigenvalue weighted by atomic mass is 16.3. The van der Waals surface area contributed by atoms with E-state index in [4.69, 9.17) is 10.8 Å². The zero-order chi connectivity index (χ0) is 13.0. The first kappa shape index (κ1) is 13.5. The van der Waals surface area contributed by atoms with E-state index in [-0.39, 0.29) is 12.6 Å². The van der Waals surface area contributed by atoms with Gasteiger partial charge >= 0.3 is 0 Å². The van der Waals surface area contributed by atoms with Gasteiger partial charge in [0.05, 0.1) is 18.1 Å². The van der Waals surface area contributed by atoms with Crippen molar-refractivity contribution in [3.05, 3.63) is 18.2 Å². The highest BCUT2D eigenvalue weighted by molar-refractivity contribution is 5.10. The largest absolute Gasteiger partial charge is 0.396 e. The Morgan fingerprint density at radius 1 is 1.61 bits per heavy atom. The van der Waals surface area contributed by atoms with Crippen LogP contribution in [0.15, 0.2) is 12.5 Å². The molecule has 18 heavy (non-hydrogen) atoms. The van der Waals surface area contributed by atoms with Crippen LogP contribution in [-0.2, 0) is 0 Å². The summed E-state index contributed by atoms with van der Waals surface area (Å²) in [6.45, 7) is 2.89. The van der Waals surface area contributed by atoms with E-state index in [1.807, 2.05) is 12.5 Å². The molecule has 1 aromatic rings. The number of aromatic nitrogens is 2. The minimum absolute atomic E-state index is 0.129. The highest BCUT2D eigenvalue weighted by Crippen LogP contribution is 2.36. The molecule has 2 unspecified atom stereocenters. The number of aliphatic hydroxyl groups excluding tert-OH is 1. The summed E-state index contributed by atoms with van der Waals surface area (Å²) in [5.41, 5.74) is 7.06. The predicted molar refractivity (Wildman–Crippen MR) is 71.2 cm³/mol. The van der Waals surface area contributed by atoms with E-state index in [1.165, 1.54) is 18.5 Å². The molecule has 1 aromatic heterocycles. The van der Waals surface area contributed by atoms with Crippen molar-refractivity contribution < 1.29 is 5.11 Å². The number of nitrogens with two attached hydrogens (primary N) is 1. The van der Waals surface area contributed by atoms with E-state index in [2.05, 4.69) is 21.8 Å². The Labute approximate surface area is 108 Å². The van der Waals surface area contributed by atoms with E-state index in [0.29, 0.717) is 18.6 Å². The summed E-state index contributed by atoms with van der Waals surface area (Å²) in [6, 6.07) is 1.06. The second-order valence-corrected chi connectivity index (χ2v) is 5.03. The van der Waals surface area contributed by atoms with E-state index in [1.54, 1.807) is 0 Å². The van der Waals surface area contributed by atoms with Gasteiger partial charge in [0.1, 0.15) is 0 Å². The minimum atomic E-state index is 0.129. The number of hydrogen-bond acceptors (Lipinski definition) is 4. The normalized spacial score (nSPS) is 18.8. The maximum absolute atomic E-state index is 9.05. The molecule has 1 aliphatic carbocycles. The summed E-state index contributed by atoms with van der Waals surface area (Å²) in [5.74, 6) is 0. The van der Waals surface area contributed by atoms with E-state index in [9.17, 15) is 0 Å². The molecule has 0 aromatic carbocycles. The molecule has 2 rings (SSSR count). The summed E-state index contributed by atoms with van der Waals surface area (Å²) in [4.78, 5) is 4.25. The third-order valence-corrected chi connectivity index (χ3v) is 3.64. The van der Waals surface area contributed by atoms with E-state index < -0.39 is 0 Å². The Hall–Kier alpha value is -0.910. The molecule has 0 aliphatic heterocycles. The summed E-state index contributed by atoms with van der Waals surface area (Å²) in [7, 11) is 0. The Balaban J connectivity index is 2.04. The fraction of sp³-hybridized carbons (Fsp3) is 0.769. The maximum atomic E-state index is 9.05. The van der Waals surface area contributed by atoms with Crippen molar-refractivity contribution in [3.63, 3.8) is 0 Å². The smallest absolute Gasteiger partial charge is 0.0951 e. The van der Waals surface area contributed by atoms with Gasteiger partial charge in [-0.05, 0) is 25.7 Å². The average Bonchev–Trinajstić information content (AvgIpc) is 3.13. The van der Waals surface area contributed by atoms with Crippen molar-refractivity contribution >= 4 is 0 Å². The molecule has 5 nitrogen and oxygen atoms in total. The zero-order valence-electron chi connectivity index (χ0n) is 11.0. The summed E-state index contributed by atoms with van der Waals surface area (Å²) in [6.07, 6.45) is 8.07. The lowest BCUT2D eigenvalue weighted by Gasteiger charge is -2.24. The lowest BCUT2D eigenvalue weighted by Crippen LogP contribution is -2.38. The maximum Gasteiger partial charge on any atom is 0.0951 e. The Morgan fingerprint density at radius 3 is 2.94 bits per heavy atom. The monoisotopic (exact) mass is 252 g/mol. The van der Waals surface area contributed by atoms with E-state index >= 15 is 0 Å². The van der Waals surface area contributed by atoms with Crippen molar-refractivity contribution in [2.24, 2.45) is 5.73 Å². The first-order valence-corrected chi connectivity index (χ1v) is 6.88. The van der Waals surface area contributed by atoms with Crippen LogP contribution in [0, 0.1) is 0 Å². The molecule has 5 heteroatoms. The fourth-order valence-electron chi connectivity index (χ4n) is 2.36. The molecule has 1 heterocycles. The second-order valence-electron chi connectivity index (χ2n) is 5.03. The summed E-state index contributed by atoms with van der Waals surface area (Å²) < 4.78 is 2.25. The van der Waals surface area contributed by atoms with Gasteiger partial charge in [0.25, 0.3) is 0 Å². The topological polar surface area (TPSA) is 76.1 Å². The first-order chi connectivity index (χ1) is 8.80. The number of hydrogen-bond donors (Lipinski definition) is 3. The van der Waals surface area contributed by atoms with Crippen LogP contribution in [0.25, 0.3) is 0 Å². The van der Waals surface area contributed by atoms with Gasteiger partial charge in [0, 0.05) is 31.4 Å². The molecule has 0 radical (unpaired) electrons. The molecule has 4 N–H and O–H groups in total. The zero-order valence-corrected chi connectivity index (χ0v) is 11.0. The Bertz CT molecular complexity index is 362. The van der Waals surface area contributed by atoms with Crippen LogP contribution < -0.4 is 11.1 Å². The summed E-state index contributed by atoms with van der Waals surface area (Å²) in [5, 5.41) is 12.6. The van der Waals surface area contributed by atoms with Gasteiger partial charge in [-0.25, -0.2) is 4.98 Å². The molecule has 0 saturated heterocycles. The number of nitrogens with one attached hydrogen (secondary N) is 1. The molecule has 0 amide bonds. The van der Waals surface area contributed by atoms with Crippen molar-refractivity contribution in [2.45, 2.75) is 50.7 Å². The van der Waals surface area contributed by atoms with Gasteiger partial charge in [-0.15, -0.1) is 0 Å². The van der Waals surface area contributed by atoms with Crippen LogP contribution in [0.2, 0.25) is 0 Å².